The quantitative estimate of drug-likeness (QED) is 0.858. The third kappa shape index (κ3) is 4.47. The van der Waals surface area contributed by atoms with E-state index in [-0.39, 0.29) is 12.0 Å². The summed E-state index contributed by atoms with van der Waals surface area (Å²) in [6.45, 7) is 7.60. The van der Waals surface area contributed by atoms with Crippen LogP contribution in [-0.4, -0.2) is 54.1 Å². The van der Waals surface area contributed by atoms with Crippen molar-refractivity contribution in [1.82, 2.24) is 9.80 Å². The van der Waals surface area contributed by atoms with Crippen LogP contribution in [0.4, 0.5) is 4.79 Å². The van der Waals surface area contributed by atoms with Gasteiger partial charge in [0.25, 0.3) is 5.91 Å². The zero-order valence-corrected chi connectivity index (χ0v) is 14.5. The second-order valence-electron chi connectivity index (χ2n) is 6.78. The van der Waals surface area contributed by atoms with Gasteiger partial charge >= 0.3 is 6.09 Å². The van der Waals surface area contributed by atoms with Gasteiger partial charge in [-0.1, -0.05) is 0 Å². The Morgan fingerprint density at radius 1 is 1.45 bits per heavy atom. The molecule has 0 bridgehead atoms. The minimum absolute atomic E-state index is 0.0389. The fourth-order valence-corrected chi connectivity index (χ4v) is 3.18. The van der Waals surface area contributed by atoms with E-state index in [0.29, 0.717) is 25.6 Å². The maximum Gasteiger partial charge on any atom is 0.410 e. The standard InChI is InChI=1S/C16H24N2O3S/c1-16(2,3)21-15(20)18-7-5-12(10-18)9-17(4)14(19)13-6-8-22-11-13/h6,8,11-12H,5,7,9-10H2,1-4H3/t12-/m0/s1. The van der Waals surface area contributed by atoms with Gasteiger partial charge in [-0.3, -0.25) is 4.79 Å². The smallest absolute Gasteiger partial charge is 0.410 e. The average Bonchev–Trinajstić information content (AvgIpc) is 3.06. The van der Waals surface area contributed by atoms with Gasteiger partial charge in [0, 0.05) is 32.1 Å². The Labute approximate surface area is 135 Å². The number of ether oxygens (including phenoxy) is 1. The van der Waals surface area contributed by atoms with Crippen molar-refractivity contribution in [2.75, 3.05) is 26.7 Å². The molecule has 0 saturated carbocycles. The summed E-state index contributed by atoms with van der Waals surface area (Å²) in [6, 6.07) is 1.84. The van der Waals surface area contributed by atoms with Crippen molar-refractivity contribution >= 4 is 23.3 Å². The Morgan fingerprint density at radius 3 is 2.77 bits per heavy atom. The molecule has 0 aliphatic carbocycles. The molecule has 1 aromatic heterocycles. The van der Waals surface area contributed by atoms with Crippen LogP contribution >= 0.6 is 11.3 Å². The van der Waals surface area contributed by atoms with Gasteiger partial charge in [0.15, 0.2) is 0 Å². The summed E-state index contributed by atoms with van der Waals surface area (Å²) in [6.07, 6.45) is 0.641. The van der Waals surface area contributed by atoms with Gasteiger partial charge in [0.1, 0.15) is 5.60 Å². The predicted octanol–water partition coefficient (Wildman–Crippen LogP) is 3.08. The van der Waals surface area contributed by atoms with Crippen LogP contribution in [0.2, 0.25) is 0 Å². The Balaban J connectivity index is 1.83. The highest BCUT2D eigenvalue weighted by Gasteiger charge is 2.31. The van der Waals surface area contributed by atoms with Crippen LogP contribution in [0.3, 0.4) is 0 Å². The molecule has 0 unspecified atom stereocenters. The molecular formula is C16H24N2O3S. The van der Waals surface area contributed by atoms with Crippen LogP contribution in [0.5, 0.6) is 0 Å². The summed E-state index contributed by atoms with van der Waals surface area (Å²) in [5.41, 5.74) is 0.260. The number of hydrogen-bond donors (Lipinski definition) is 0. The molecule has 1 aromatic rings. The van der Waals surface area contributed by atoms with Crippen molar-refractivity contribution in [1.29, 1.82) is 0 Å². The van der Waals surface area contributed by atoms with E-state index in [1.807, 2.05) is 44.6 Å². The number of amides is 2. The highest BCUT2D eigenvalue weighted by molar-refractivity contribution is 7.08. The minimum Gasteiger partial charge on any atom is -0.444 e. The van der Waals surface area contributed by atoms with Crippen LogP contribution < -0.4 is 0 Å². The fourth-order valence-electron chi connectivity index (χ4n) is 2.55. The lowest BCUT2D eigenvalue weighted by molar-refractivity contribution is 0.0286. The Kier molecular flexibility index (Phi) is 5.11. The molecule has 2 heterocycles. The maximum atomic E-state index is 12.2. The van der Waals surface area contributed by atoms with E-state index >= 15 is 0 Å². The van der Waals surface area contributed by atoms with E-state index in [1.165, 1.54) is 11.3 Å². The predicted molar refractivity (Wildman–Crippen MR) is 87.2 cm³/mol. The largest absolute Gasteiger partial charge is 0.444 e. The Morgan fingerprint density at radius 2 is 2.18 bits per heavy atom. The third-order valence-corrected chi connectivity index (χ3v) is 4.27. The van der Waals surface area contributed by atoms with E-state index in [9.17, 15) is 9.59 Å². The average molecular weight is 324 g/mol. The van der Waals surface area contributed by atoms with Crippen molar-refractivity contribution in [3.05, 3.63) is 22.4 Å². The topological polar surface area (TPSA) is 49.9 Å². The van der Waals surface area contributed by atoms with E-state index in [2.05, 4.69) is 0 Å². The monoisotopic (exact) mass is 324 g/mol. The first-order valence-corrected chi connectivity index (χ1v) is 8.46. The van der Waals surface area contributed by atoms with Crippen LogP contribution in [-0.2, 0) is 4.74 Å². The van der Waals surface area contributed by atoms with E-state index in [4.69, 9.17) is 4.74 Å². The van der Waals surface area contributed by atoms with Crippen molar-refractivity contribution in [2.24, 2.45) is 5.92 Å². The van der Waals surface area contributed by atoms with Gasteiger partial charge in [-0.05, 0) is 44.6 Å². The molecule has 5 nitrogen and oxygen atoms in total. The van der Waals surface area contributed by atoms with E-state index in [0.717, 1.165) is 12.0 Å². The lowest BCUT2D eigenvalue weighted by Gasteiger charge is -2.25. The molecule has 1 atom stereocenters. The summed E-state index contributed by atoms with van der Waals surface area (Å²) in [7, 11) is 1.82. The zero-order chi connectivity index (χ0) is 16.3. The van der Waals surface area contributed by atoms with Gasteiger partial charge in [-0.25, -0.2) is 4.79 Å². The molecule has 0 spiro atoms. The fraction of sp³-hybridized carbons (Fsp3) is 0.625. The van der Waals surface area contributed by atoms with Crippen LogP contribution in [0.1, 0.15) is 37.6 Å². The number of likely N-dealkylation sites (tertiary alicyclic amines) is 1. The summed E-state index contributed by atoms with van der Waals surface area (Å²) >= 11 is 1.52. The number of rotatable bonds is 3. The van der Waals surface area contributed by atoms with Crippen molar-refractivity contribution in [2.45, 2.75) is 32.8 Å². The SMILES string of the molecule is CN(C[C@@H]1CCN(C(=O)OC(C)(C)C)C1)C(=O)c1ccsc1. The molecule has 2 amide bonds. The molecule has 0 N–H and O–H groups in total. The van der Waals surface area contributed by atoms with Gasteiger partial charge < -0.3 is 14.5 Å². The third-order valence-electron chi connectivity index (χ3n) is 3.58. The first-order chi connectivity index (χ1) is 10.3. The summed E-state index contributed by atoms with van der Waals surface area (Å²) in [4.78, 5) is 27.7. The molecule has 1 aliphatic heterocycles. The lowest BCUT2D eigenvalue weighted by Crippen LogP contribution is -2.37. The first-order valence-electron chi connectivity index (χ1n) is 7.52. The normalized spacial score (nSPS) is 18.4. The van der Waals surface area contributed by atoms with Crippen molar-refractivity contribution in [3.63, 3.8) is 0 Å². The summed E-state index contributed by atoms with van der Waals surface area (Å²) in [5, 5.41) is 3.77. The van der Waals surface area contributed by atoms with Crippen LogP contribution in [0.25, 0.3) is 0 Å². The van der Waals surface area contributed by atoms with Gasteiger partial charge in [0.2, 0.25) is 0 Å². The second-order valence-corrected chi connectivity index (χ2v) is 7.56. The van der Waals surface area contributed by atoms with Crippen LogP contribution in [0.15, 0.2) is 16.8 Å². The number of carbonyl (C=O) groups is 2. The second kappa shape index (κ2) is 6.69. The Hall–Kier alpha value is -1.56. The molecule has 1 aliphatic rings. The number of hydrogen-bond acceptors (Lipinski definition) is 4. The number of carbonyl (C=O) groups excluding carboxylic acids is 2. The zero-order valence-electron chi connectivity index (χ0n) is 13.7. The molecule has 6 heteroatoms. The summed E-state index contributed by atoms with van der Waals surface area (Å²) < 4.78 is 5.39. The molecule has 22 heavy (non-hydrogen) atoms. The minimum atomic E-state index is -0.471. The van der Waals surface area contributed by atoms with Crippen molar-refractivity contribution in [3.8, 4) is 0 Å². The number of thiophene rings is 1. The summed E-state index contributed by atoms with van der Waals surface area (Å²) in [5.74, 6) is 0.345. The molecule has 1 fully saturated rings. The van der Waals surface area contributed by atoms with Gasteiger partial charge in [-0.2, -0.15) is 11.3 Å². The molecule has 0 aromatic carbocycles. The maximum absolute atomic E-state index is 12.2. The van der Waals surface area contributed by atoms with E-state index in [1.54, 1.807) is 9.80 Å². The van der Waals surface area contributed by atoms with Gasteiger partial charge in [0.05, 0.1) is 5.56 Å². The molecule has 2 rings (SSSR count). The molecule has 1 saturated heterocycles. The van der Waals surface area contributed by atoms with Crippen LogP contribution in [0, 0.1) is 5.92 Å². The van der Waals surface area contributed by atoms with Gasteiger partial charge in [-0.15, -0.1) is 0 Å². The number of nitrogens with zero attached hydrogens (tertiary/aromatic N) is 2. The Bertz CT molecular complexity index is 522. The molecule has 122 valence electrons. The molecular weight excluding hydrogens is 300 g/mol. The highest BCUT2D eigenvalue weighted by Crippen LogP contribution is 2.21. The highest BCUT2D eigenvalue weighted by atomic mass is 32.1. The first kappa shape index (κ1) is 16.8. The van der Waals surface area contributed by atoms with E-state index < -0.39 is 5.60 Å². The lowest BCUT2D eigenvalue weighted by atomic mass is 10.1. The molecule has 0 radical (unpaired) electrons. The van der Waals surface area contributed by atoms with Crippen molar-refractivity contribution < 1.29 is 14.3 Å².